The van der Waals surface area contributed by atoms with Crippen LogP contribution in [0.25, 0.3) is 0 Å². The average Bonchev–Trinajstić information content (AvgIpc) is 2.35. The van der Waals surface area contributed by atoms with E-state index in [0.29, 0.717) is 12.3 Å². The lowest BCUT2D eigenvalue weighted by molar-refractivity contribution is -0.116. The van der Waals surface area contributed by atoms with Crippen molar-refractivity contribution in [3.8, 4) is 0 Å². The molecule has 3 nitrogen and oxygen atoms in total. The SMILES string of the molecule is CC(C)C1CC(=O)Nc2ccccc2N1. The Labute approximate surface area is 89.9 Å². The first-order valence-electron chi connectivity index (χ1n) is 5.32. The molecule has 1 aromatic carbocycles. The van der Waals surface area contributed by atoms with Gasteiger partial charge in [-0.25, -0.2) is 0 Å². The summed E-state index contributed by atoms with van der Waals surface area (Å²) < 4.78 is 0. The molecule has 0 aromatic heterocycles. The molecule has 0 radical (unpaired) electrons. The molecule has 1 unspecified atom stereocenters. The summed E-state index contributed by atoms with van der Waals surface area (Å²) >= 11 is 0. The Morgan fingerprint density at radius 2 is 1.93 bits per heavy atom. The normalized spacial score (nSPS) is 20.2. The average molecular weight is 204 g/mol. The Kier molecular flexibility index (Phi) is 2.62. The van der Waals surface area contributed by atoms with Crippen LogP contribution in [0.15, 0.2) is 24.3 Å². The molecule has 0 fully saturated rings. The van der Waals surface area contributed by atoms with Gasteiger partial charge in [0.05, 0.1) is 11.4 Å². The zero-order chi connectivity index (χ0) is 10.8. The fourth-order valence-electron chi connectivity index (χ4n) is 1.77. The number of benzene rings is 1. The zero-order valence-corrected chi connectivity index (χ0v) is 9.08. The fourth-order valence-corrected chi connectivity index (χ4v) is 1.77. The van der Waals surface area contributed by atoms with E-state index in [2.05, 4.69) is 24.5 Å². The number of nitrogens with one attached hydrogen (secondary N) is 2. The maximum atomic E-state index is 11.6. The third-order valence-electron chi connectivity index (χ3n) is 2.75. The molecule has 1 atom stereocenters. The monoisotopic (exact) mass is 204 g/mol. The van der Waals surface area contributed by atoms with Gasteiger partial charge in [0.25, 0.3) is 0 Å². The lowest BCUT2D eigenvalue weighted by Crippen LogP contribution is -2.27. The summed E-state index contributed by atoms with van der Waals surface area (Å²) in [5, 5.41) is 6.31. The standard InChI is InChI=1S/C12H16N2O/c1-8(2)11-7-12(15)14-10-6-4-3-5-9(10)13-11/h3-6,8,11,13H,7H2,1-2H3,(H,14,15). The summed E-state index contributed by atoms with van der Waals surface area (Å²) in [6.45, 7) is 4.25. The van der Waals surface area contributed by atoms with Crippen molar-refractivity contribution in [3.05, 3.63) is 24.3 Å². The highest BCUT2D eigenvalue weighted by atomic mass is 16.1. The van der Waals surface area contributed by atoms with Gasteiger partial charge >= 0.3 is 0 Å². The quantitative estimate of drug-likeness (QED) is 0.737. The number of para-hydroxylation sites is 2. The Hall–Kier alpha value is -1.51. The van der Waals surface area contributed by atoms with E-state index in [1.807, 2.05) is 24.3 Å². The van der Waals surface area contributed by atoms with Gasteiger partial charge in [-0.2, -0.15) is 0 Å². The van der Waals surface area contributed by atoms with Crippen LogP contribution in [0, 0.1) is 5.92 Å². The van der Waals surface area contributed by atoms with E-state index in [9.17, 15) is 4.79 Å². The van der Waals surface area contributed by atoms with Gasteiger partial charge in [0, 0.05) is 12.5 Å². The van der Waals surface area contributed by atoms with Gasteiger partial charge in [0.1, 0.15) is 0 Å². The molecule has 1 aromatic rings. The molecule has 1 amide bonds. The second-order valence-corrected chi connectivity index (χ2v) is 4.29. The van der Waals surface area contributed by atoms with E-state index in [0.717, 1.165) is 11.4 Å². The van der Waals surface area contributed by atoms with E-state index in [4.69, 9.17) is 0 Å². The summed E-state index contributed by atoms with van der Waals surface area (Å²) in [6.07, 6.45) is 0.534. The lowest BCUT2D eigenvalue weighted by atomic mass is 10.0. The van der Waals surface area contributed by atoms with Crippen molar-refractivity contribution in [2.45, 2.75) is 26.3 Å². The Morgan fingerprint density at radius 1 is 1.27 bits per heavy atom. The molecule has 0 aliphatic carbocycles. The number of rotatable bonds is 1. The van der Waals surface area contributed by atoms with Crippen LogP contribution in [0.4, 0.5) is 11.4 Å². The van der Waals surface area contributed by atoms with Crippen molar-refractivity contribution in [1.82, 2.24) is 0 Å². The molecule has 0 spiro atoms. The number of carbonyl (C=O) groups is 1. The van der Waals surface area contributed by atoms with Crippen LogP contribution in [0.3, 0.4) is 0 Å². The minimum absolute atomic E-state index is 0.0890. The highest BCUT2D eigenvalue weighted by Gasteiger charge is 2.22. The first-order chi connectivity index (χ1) is 7.16. The van der Waals surface area contributed by atoms with E-state index >= 15 is 0 Å². The highest BCUT2D eigenvalue weighted by Crippen LogP contribution is 2.27. The molecule has 80 valence electrons. The summed E-state index contributed by atoms with van der Waals surface area (Å²) in [5.41, 5.74) is 1.90. The number of amides is 1. The lowest BCUT2D eigenvalue weighted by Gasteiger charge is -2.20. The Bertz CT molecular complexity index is 374. The van der Waals surface area contributed by atoms with E-state index < -0.39 is 0 Å². The topological polar surface area (TPSA) is 41.1 Å². The van der Waals surface area contributed by atoms with Gasteiger partial charge in [-0.05, 0) is 18.1 Å². The smallest absolute Gasteiger partial charge is 0.226 e. The van der Waals surface area contributed by atoms with Crippen LogP contribution < -0.4 is 10.6 Å². The highest BCUT2D eigenvalue weighted by molar-refractivity contribution is 5.96. The van der Waals surface area contributed by atoms with Crippen LogP contribution in [-0.2, 0) is 4.79 Å². The molecule has 1 aliphatic rings. The van der Waals surface area contributed by atoms with Crippen LogP contribution in [0.1, 0.15) is 20.3 Å². The van der Waals surface area contributed by atoms with E-state index in [-0.39, 0.29) is 11.9 Å². The predicted molar refractivity (Wildman–Crippen MR) is 61.9 cm³/mol. The largest absolute Gasteiger partial charge is 0.380 e. The van der Waals surface area contributed by atoms with Gasteiger partial charge in [-0.15, -0.1) is 0 Å². The minimum Gasteiger partial charge on any atom is -0.380 e. The molecule has 0 bridgehead atoms. The number of hydrogen-bond donors (Lipinski definition) is 2. The molecule has 1 aliphatic heterocycles. The molecule has 15 heavy (non-hydrogen) atoms. The first kappa shape index (κ1) is 10.0. The molecule has 1 heterocycles. The Morgan fingerprint density at radius 3 is 2.60 bits per heavy atom. The minimum atomic E-state index is 0.0890. The van der Waals surface area contributed by atoms with Gasteiger partial charge in [-0.3, -0.25) is 4.79 Å². The third-order valence-corrected chi connectivity index (χ3v) is 2.75. The van der Waals surface area contributed by atoms with Crippen LogP contribution in [0.2, 0.25) is 0 Å². The van der Waals surface area contributed by atoms with Crippen LogP contribution in [0.5, 0.6) is 0 Å². The summed E-state index contributed by atoms with van der Waals surface area (Å²) in [6, 6.07) is 8.03. The van der Waals surface area contributed by atoms with Gasteiger partial charge < -0.3 is 10.6 Å². The maximum absolute atomic E-state index is 11.6. The summed E-state index contributed by atoms with van der Waals surface area (Å²) in [7, 11) is 0. The maximum Gasteiger partial charge on any atom is 0.226 e. The first-order valence-corrected chi connectivity index (χ1v) is 5.32. The molecule has 0 saturated carbocycles. The third kappa shape index (κ3) is 2.12. The van der Waals surface area contributed by atoms with Crippen molar-refractivity contribution in [2.75, 3.05) is 10.6 Å². The number of fused-ring (bicyclic) bond motifs is 1. The molecule has 2 N–H and O–H groups in total. The second kappa shape index (κ2) is 3.93. The molecule has 2 rings (SSSR count). The van der Waals surface area contributed by atoms with Gasteiger partial charge in [0.2, 0.25) is 5.91 Å². The zero-order valence-electron chi connectivity index (χ0n) is 9.08. The van der Waals surface area contributed by atoms with E-state index in [1.165, 1.54) is 0 Å². The Balaban J connectivity index is 2.31. The molecule has 0 saturated heterocycles. The van der Waals surface area contributed by atoms with Crippen LogP contribution in [-0.4, -0.2) is 11.9 Å². The van der Waals surface area contributed by atoms with Crippen molar-refractivity contribution >= 4 is 17.3 Å². The number of hydrogen-bond acceptors (Lipinski definition) is 2. The summed E-state index contributed by atoms with van der Waals surface area (Å²) in [4.78, 5) is 11.6. The fraction of sp³-hybridized carbons (Fsp3) is 0.417. The van der Waals surface area contributed by atoms with Crippen molar-refractivity contribution in [2.24, 2.45) is 5.92 Å². The molecular formula is C12H16N2O. The van der Waals surface area contributed by atoms with Gasteiger partial charge in [0.15, 0.2) is 0 Å². The number of anilines is 2. The number of carbonyl (C=O) groups excluding carboxylic acids is 1. The van der Waals surface area contributed by atoms with E-state index in [1.54, 1.807) is 0 Å². The van der Waals surface area contributed by atoms with Crippen molar-refractivity contribution in [1.29, 1.82) is 0 Å². The molecule has 3 heteroatoms. The van der Waals surface area contributed by atoms with Crippen LogP contribution >= 0.6 is 0 Å². The van der Waals surface area contributed by atoms with Crippen molar-refractivity contribution < 1.29 is 4.79 Å². The van der Waals surface area contributed by atoms with Gasteiger partial charge in [-0.1, -0.05) is 26.0 Å². The molecular weight excluding hydrogens is 188 g/mol. The second-order valence-electron chi connectivity index (χ2n) is 4.29. The summed E-state index contributed by atoms with van der Waals surface area (Å²) in [5.74, 6) is 0.535. The predicted octanol–water partition coefficient (Wildman–Crippen LogP) is 2.47. The van der Waals surface area contributed by atoms with Crippen molar-refractivity contribution in [3.63, 3.8) is 0 Å².